The maximum atomic E-state index is 12.0. The molecule has 0 aromatic heterocycles. The van der Waals surface area contributed by atoms with E-state index in [9.17, 15) is 4.79 Å². The van der Waals surface area contributed by atoms with Crippen molar-refractivity contribution in [3.05, 3.63) is 34.9 Å². The maximum absolute atomic E-state index is 12.0. The fourth-order valence-electron chi connectivity index (χ4n) is 2.30. The van der Waals surface area contributed by atoms with E-state index in [1.165, 1.54) is 6.42 Å². The largest absolute Gasteiger partial charge is 0.351 e. The van der Waals surface area contributed by atoms with Crippen molar-refractivity contribution in [1.29, 1.82) is 0 Å². The second-order valence-electron chi connectivity index (χ2n) is 5.25. The zero-order chi connectivity index (χ0) is 13.0. The van der Waals surface area contributed by atoms with Crippen LogP contribution in [0.4, 0.5) is 0 Å². The quantitative estimate of drug-likeness (QED) is 0.882. The molecule has 0 bridgehead atoms. The molecule has 1 atom stereocenters. The van der Waals surface area contributed by atoms with Gasteiger partial charge in [-0.1, -0.05) is 30.7 Å². The molecule has 2 rings (SSSR count). The Kier molecular flexibility index (Phi) is 4.25. The van der Waals surface area contributed by atoms with Crippen LogP contribution in [0.25, 0.3) is 0 Å². The summed E-state index contributed by atoms with van der Waals surface area (Å²) >= 11 is 6.00. The van der Waals surface area contributed by atoms with Crippen molar-refractivity contribution in [2.24, 2.45) is 5.41 Å². The van der Waals surface area contributed by atoms with Crippen LogP contribution in [0.3, 0.4) is 0 Å². The smallest absolute Gasteiger partial charge is 0.252 e. The van der Waals surface area contributed by atoms with E-state index in [0.717, 1.165) is 19.5 Å². The van der Waals surface area contributed by atoms with Crippen molar-refractivity contribution >= 4 is 17.5 Å². The van der Waals surface area contributed by atoms with Gasteiger partial charge in [0.25, 0.3) is 5.91 Å². The molecular weight excluding hydrogens is 248 g/mol. The molecule has 18 heavy (non-hydrogen) atoms. The lowest BCUT2D eigenvalue weighted by molar-refractivity contribution is 0.0925. The molecule has 1 heterocycles. The zero-order valence-electron chi connectivity index (χ0n) is 10.6. The molecule has 0 aliphatic carbocycles. The van der Waals surface area contributed by atoms with Gasteiger partial charge in [0.05, 0.1) is 10.6 Å². The maximum Gasteiger partial charge on any atom is 0.252 e. The van der Waals surface area contributed by atoms with Gasteiger partial charge in [-0.2, -0.15) is 0 Å². The highest BCUT2D eigenvalue weighted by Crippen LogP contribution is 2.24. The lowest BCUT2D eigenvalue weighted by atomic mass is 9.83. The summed E-state index contributed by atoms with van der Waals surface area (Å²) in [5, 5.41) is 6.86. The summed E-state index contributed by atoms with van der Waals surface area (Å²) < 4.78 is 0. The number of rotatable bonds is 3. The van der Waals surface area contributed by atoms with Gasteiger partial charge in [0.2, 0.25) is 0 Å². The monoisotopic (exact) mass is 266 g/mol. The Morgan fingerprint density at radius 3 is 2.94 bits per heavy atom. The minimum Gasteiger partial charge on any atom is -0.351 e. The van der Waals surface area contributed by atoms with Crippen molar-refractivity contribution in [3.8, 4) is 0 Å². The van der Waals surface area contributed by atoms with E-state index >= 15 is 0 Å². The Bertz CT molecular complexity index is 428. The van der Waals surface area contributed by atoms with E-state index < -0.39 is 0 Å². The molecule has 1 saturated heterocycles. The van der Waals surface area contributed by atoms with Gasteiger partial charge < -0.3 is 10.6 Å². The Hall–Kier alpha value is -1.06. The molecule has 3 nitrogen and oxygen atoms in total. The average Bonchev–Trinajstić information content (AvgIpc) is 2.38. The van der Waals surface area contributed by atoms with Crippen molar-refractivity contribution in [2.45, 2.75) is 19.8 Å². The summed E-state index contributed by atoms with van der Waals surface area (Å²) in [7, 11) is 0. The van der Waals surface area contributed by atoms with E-state index in [-0.39, 0.29) is 11.3 Å². The number of hydrogen-bond donors (Lipinski definition) is 2. The third-order valence-electron chi connectivity index (χ3n) is 3.48. The van der Waals surface area contributed by atoms with Crippen LogP contribution in [0.2, 0.25) is 5.02 Å². The second kappa shape index (κ2) is 5.72. The second-order valence-corrected chi connectivity index (χ2v) is 5.66. The molecule has 0 radical (unpaired) electrons. The Balaban J connectivity index is 1.94. The first-order valence-corrected chi connectivity index (χ1v) is 6.72. The van der Waals surface area contributed by atoms with Gasteiger partial charge in [0.1, 0.15) is 0 Å². The molecule has 0 saturated carbocycles. The topological polar surface area (TPSA) is 41.1 Å². The van der Waals surface area contributed by atoms with Crippen molar-refractivity contribution in [2.75, 3.05) is 19.6 Å². The predicted octanol–water partition coefficient (Wildman–Crippen LogP) is 2.46. The fourth-order valence-corrected chi connectivity index (χ4v) is 2.53. The third-order valence-corrected chi connectivity index (χ3v) is 3.81. The molecule has 0 spiro atoms. The Morgan fingerprint density at radius 2 is 2.28 bits per heavy atom. The number of carbonyl (C=O) groups excluding carboxylic acids is 1. The Labute approximate surface area is 113 Å². The molecule has 1 aromatic rings. The lowest BCUT2D eigenvalue weighted by Crippen LogP contribution is -2.45. The van der Waals surface area contributed by atoms with Crippen molar-refractivity contribution in [1.82, 2.24) is 10.6 Å². The van der Waals surface area contributed by atoms with Crippen LogP contribution in [0.15, 0.2) is 24.3 Å². The summed E-state index contributed by atoms with van der Waals surface area (Å²) in [6, 6.07) is 7.13. The highest BCUT2D eigenvalue weighted by Gasteiger charge is 2.27. The number of halogens is 1. The third kappa shape index (κ3) is 3.24. The van der Waals surface area contributed by atoms with Gasteiger partial charge in [0, 0.05) is 13.1 Å². The number of nitrogens with one attached hydrogen (secondary N) is 2. The summed E-state index contributed by atoms with van der Waals surface area (Å²) in [6.07, 6.45) is 2.31. The molecule has 1 aromatic carbocycles. The van der Waals surface area contributed by atoms with E-state index in [0.29, 0.717) is 17.1 Å². The normalized spacial score (nSPS) is 23.7. The lowest BCUT2D eigenvalue weighted by Gasteiger charge is -2.34. The summed E-state index contributed by atoms with van der Waals surface area (Å²) in [4.78, 5) is 12.0. The Morgan fingerprint density at radius 1 is 1.50 bits per heavy atom. The van der Waals surface area contributed by atoms with E-state index in [1.807, 2.05) is 12.1 Å². The predicted molar refractivity (Wildman–Crippen MR) is 74.0 cm³/mol. The van der Waals surface area contributed by atoms with Gasteiger partial charge in [-0.3, -0.25) is 4.79 Å². The van der Waals surface area contributed by atoms with Crippen LogP contribution in [0.1, 0.15) is 30.1 Å². The standard InChI is InChI=1S/C14H19ClN2O/c1-14(7-4-8-16-9-14)10-17-13(18)11-5-2-3-6-12(11)15/h2-3,5-6,16H,4,7-10H2,1H3,(H,17,18). The summed E-state index contributed by atoms with van der Waals surface area (Å²) in [5.74, 6) is -0.0904. The SMILES string of the molecule is CC1(CNC(=O)c2ccccc2Cl)CCCNC1. The molecule has 1 aliphatic heterocycles. The van der Waals surface area contributed by atoms with E-state index in [2.05, 4.69) is 17.6 Å². The fraction of sp³-hybridized carbons (Fsp3) is 0.500. The van der Waals surface area contributed by atoms with Gasteiger partial charge in [-0.25, -0.2) is 0 Å². The molecule has 1 fully saturated rings. The van der Waals surface area contributed by atoms with Crippen LogP contribution >= 0.6 is 11.6 Å². The first-order chi connectivity index (χ1) is 8.61. The van der Waals surface area contributed by atoms with Crippen LogP contribution in [0.5, 0.6) is 0 Å². The van der Waals surface area contributed by atoms with Gasteiger partial charge in [-0.05, 0) is 36.9 Å². The summed E-state index contributed by atoms with van der Waals surface area (Å²) in [5.41, 5.74) is 0.696. The van der Waals surface area contributed by atoms with E-state index in [1.54, 1.807) is 12.1 Å². The van der Waals surface area contributed by atoms with Crippen LogP contribution in [0, 0.1) is 5.41 Å². The molecule has 98 valence electrons. The van der Waals surface area contributed by atoms with Gasteiger partial charge in [0.15, 0.2) is 0 Å². The highest BCUT2D eigenvalue weighted by molar-refractivity contribution is 6.33. The highest BCUT2D eigenvalue weighted by atomic mass is 35.5. The molecule has 4 heteroatoms. The number of benzene rings is 1. The number of piperidine rings is 1. The van der Waals surface area contributed by atoms with Gasteiger partial charge in [-0.15, -0.1) is 0 Å². The van der Waals surface area contributed by atoms with Crippen LogP contribution < -0.4 is 10.6 Å². The number of carbonyl (C=O) groups is 1. The number of hydrogen-bond acceptors (Lipinski definition) is 2. The first kappa shape index (κ1) is 13.4. The molecule has 1 amide bonds. The number of amides is 1. The average molecular weight is 267 g/mol. The van der Waals surface area contributed by atoms with Crippen molar-refractivity contribution < 1.29 is 4.79 Å². The van der Waals surface area contributed by atoms with E-state index in [4.69, 9.17) is 11.6 Å². The minimum absolute atomic E-state index is 0.0904. The first-order valence-electron chi connectivity index (χ1n) is 6.34. The molecular formula is C14H19ClN2O. The molecule has 2 N–H and O–H groups in total. The van der Waals surface area contributed by atoms with Gasteiger partial charge >= 0.3 is 0 Å². The minimum atomic E-state index is -0.0904. The van der Waals surface area contributed by atoms with Crippen LogP contribution in [-0.4, -0.2) is 25.5 Å². The summed E-state index contributed by atoms with van der Waals surface area (Å²) in [6.45, 7) is 4.92. The zero-order valence-corrected chi connectivity index (χ0v) is 11.4. The molecule has 1 aliphatic rings. The molecule has 1 unspecified atom stereocenters. The van der Waals surface area contributed by atoms with Crippen LogP contribution in [-0.2, 0) is 0 Å². The van der Waals surface area contributed by atoms with Crippen molar-refractivity contribution in [3.63, 3.8) is 0 Å².